The molecule has 3 rings (SSSR count). The molecule has 1 atom stereocenters. The van der Waals surface area contributed by atoms with Crippen molar-refractivity contribution in [3.8, 4) is 11.3 Å². The van der Waals surface area contributed by atoms with E-state index in [9.17, 15) is 9.90 Å². The highest BCUT2D eigenvalue weighted by atomic mass is 79.9. The number of hydrogen-bond donors (Lipinski definition) is 2. The number of aromatic nitrogens is 3. The fourth-order valence-electron chi connectivity index (χ4n) is 2.31. The summed E-state index contributed by atoms with van der Waals surface area (Å²) in [5.74, 6) is -1.39. The molecule has 0 spiro atoms. The molecule has 0 aliphatic heterocycles. The van der Waals surface area contributed by atoms with Crippen molar-refractivity contribution < 1.29 is 15.0 Å². The summed E-state index contributed by atoms with van der Waals surface area (Å²) in [6, 6.07) is 9.31. The molecule has 0 bridgehead atoms. The first-order valence-electron chi connectivity index (χ1n) is 6.61. The molecule has 0 saturated carbocycles. The molecule has 0 aliphatic carbocycles. The van der Waals surface area contributed by atoms with Crippen LogP contribution in [-0.2, 0) is 4.79 Å². The fraction of sp³-hybridized carbons (Fsp3) is 0.133. The molecule has 3 aromatic rings. The highest BCUT2D eigenvalue weighted by molar-refractivity contribution is 9.10. The van der Waals surface area contributed by atoms with Crippen LogP contribution in [0.4, 0.5) is 0 Å². The third-order valence-corrected chi connectivity index (χ3v) is 4.26. The lowest BCUT2D eigenvalue weighted by molar-refractivity contribution is -0.147. The van der Waals surface area contributed by atoms with Gasteiger partial charge in [0.25, 0.3) is 0 Å². The number of rotatable bonds is 3. The van der Waals surface area contributed by atoms with Gasteiger partial charge in [-0.05, 0) is 19.1 Å². The van der Waals surface area contributed by atoms with Crippen LogP contribution < -0.4 is 0 Å². The molecule has 6 nitrogen and oxygen atoms in total. The maximum absolute atomic E-state index is 11.0. The van der Waals surface area contributed by atoms with Gasteiger partial charge in [0.2, 0.25) is 0 Å². The molecule has 0 fully saturated rings. The van der Waals surface area contributed by atoms with E-state index in [1.807, 2.05) is 24.3 Å². The summed E-state index contributed by atoms with van der Waals surface area (Å²) in [5, 5.41) is 23.2. The minimum atomic E-state index is -1.75. The minimum Gasteiger partial charge on any atom is -0.479 e. The van der Waals surface area contributed by atoms with Crippen molar-refractivity contribution >= 4 is 39.1 Å². The molecule has 118 valence electrons. The van der Waals surface area contributed by atoms with E-state index >= 15 is 0 Å². The van der Waals surface area contributed by atoms with E-state index < -0.39 is 12.1 Å². The summed E-state index contributed by atoms with van der Waals surface area (Å²) in [5.41, 5.74) is 2.36. The van der Waals surface area contributed by atoms with Gasteiger partial charge in [0.05, 0.1) is 11.3 Å². The molecule has 8 heteroatoms. The van der Waals surface area contributed by atoms with E-state index in [0.717, 1.165) is 10.0 Å². The Kier molecular flexibility index (Phi) is 4.09. The zero-order valence-corrected chi connectivity index (χ0v) is 14.2. The van der Waals surface area contributed by atoms with Crippen LogP contribution in [0.25, 0.3) is 16.9 Å². The third-order valence-electron chi connectivity index (χ3n) is 3.40. The second kappa shape index (κ2) is 5.92. The molecule has 0 saturated heterocycles. The average molecular weight is 397 g/mol. The van der Waals surface area contributed by atoms with E-state index in [2.05, 4.69) is 26.0 Å². The lowest BCUT2D eigenvalue weighted by atomic mass is 10.1. The molecule has 0 aliphatic rings. The molecule has 0 unspecified atom stereocenters. The van der Waals surface area contributed by atoms with Crippen LogP contribution in [0.2, 0.25) is 5.15 Å². The zero-order chi connectivity index (χ0) is 16.7. The predicted molar refractivity (Wildman–Crippen MR) is 88.5 cm³/mol. The number of carboxylic acid groups (broad SMARTS) is 1. The minimum absolute atomic E-state index is 0.0312. The number of aryl methyl sites for hydroxylation is 1. The van der Waals surface area contributed by atoms with Crippen LogP contribution in [0.15, 0.2) is 34.8 Å². The van der Waals surface area contributed by atoms with Crippen LogP contribution in [0.5, 0.6) is 0 Å². The summed E-state index contributed by atoms with van der Waals surface area (Å²) >= 11 is 9.65. The van der Waals surface area contributed by atoms with E-state index in [1.165, 1.54) is 4.52 Å². The first kappa shape index (κ1) is 15.9. The summed E-state index contributed by atoms with van der Waals surface area (Å²) in [6.45, 7) is 1.60. The van der Waals surface area contributed by atoms with E-state index in [-0.39, 0.29) is 10.7 Å². The lowest BCUT2D eigenvalue weighted by Gasteiger charge is -2.11. The van der Waals surface area contributed by atoms with Crippen molar-refractivity contribution in [1.82, 2.24) is 14.6 Å². The summed E-state index contributed by atoms with van der Waals surface area (Å²) in [4.78, 5) is 15.3. The summed E-state index contributed by atoms with van der Waals surface area (Å²) in [7, 11) is 0. The second-order valence-corrected chi connectivity index (χ2v) is 6.23. The Labute approximate surface area is 144 Å². The molecule has 23 heavy (non-hydrogen) atoms. The topological polar surface area (TPSA) is 87.7 Å². The Morgan fingerprint density at radius 3 is 2.78 bits per heavy atom. The standard InChI is InChI=1S/C15H11BrClN3O3/c1-7-12(13(21)15(22)23)14(17)20-11(18-7)6-10(19-20)8-3-2-4-9(16)5-8/h2-6,13,21H,1H3,(H,22,23)/t13-/m0/s1. The van der Waals surface area contributed by atoms with Crippen LogP contribution in [-0.4, -0.2) is 30.8 Å². The molecule has 2 heterocycles. The molecule has 0 amide bonds. The van der Waals surface area contributed by atoms with Gasteiger partial charge in [-0.2, -0.15) is 5.10 Å². The van der Waals surface area contributed by atoms with Crippen molar-refractivity contribution in [2.24, 2.45) is 0 Å². The van der Waals surface area contributed by atoms with Gasteiger partial charge >= 0.3 is 5.97 Å². The smallest absolute Gasteiger partial charge is 0.337 e. The number of carbonyl (C=O) groups is 1. The number of fused-ring (bicyclic) bond motifs is 1. The van der Waals surface area contributed by atoms with Gasteiger partial charge in [0, 0.05) is 21.8 Å². The number of aliphatic carboxylic acids is 1. The van der Waals surface area contributed by atoms with Crippen molar-refractivity contribution in [2.45, 2.75) is 13.0 Å². The maximum Gasteiger partial charge on any atom is 0.337 e. The average Bonchev–Trinajstić information content (AvgIpc) is 2.91. The fourth-order valence-corrected chi connectivity index (χ4v) is 3.08. The Morgan fingerprint density at radius 1 is 1.39 bits per heavy atom. The highest BCUT2D eigenvalue weighted by Gasteiger charge is 2.25. The second-order valence-electron chi connectivity index (χ2n) is 4.95. The number of carboxylic acids is 1. The Hall–Kier alpha value is -1.96. The SMILES string of the molecule is Cc1nc2cc(-c3cccc(Br)c3)nn2c(Cl)c1[C@H](O)C(=O)O. The van der Waals surface area contributed by atoms with Crippen LogP contribution in [0.3, 0.4) is 0 Å². The van der Waals surface area contributed by atoms with Gasteiger partial charge < -0.3 is 10.2 Å². The quantitative estimate of drug-likeness (QED) is 0.664. The van der Waals surface area contributed by atoms with E-state index in [4.69, 9.17) is 16.7 Å². The first-order valence-corrected chi connectivity index (χ1v) is 7.78. The molecule has 2 N–H and O–H groups in total. The van der Waals surface area contributed by atoms with Crippen molar-refractivity contribution in [1.29, 1.82) is 0 Å². The number of hydrogen-bond acceptors (Lipinski definition) is 4. The van der Waals surface area contributed by atoms with Crippen LogP contribution >= 0.6 is 27.5 Å². The number of benzene rings is 1. The van der Waals surface area contributed by atoms with Crippen molar-refractivity contribution in [3.63, 3.8) is 0 Å². The van der Waals surface area contributed by atoms with Crippen LogP contribution in [0.1, 0.15) is 17.4 Å². The monoisotopic (exact) mass is 395 g/mol. The first-order chi connectivity index (χ1) is 10.9. The maximum atomic E-state index is 11.0. The Balaban J connectivity index is 2.21. The van der Waals surface area contributed by atoms with Crippen molar-refractivity contribution in [2.75, 3.05) is 0 Å². The predicted octanol–water partition coefficient (Wildman–Crippen LogP) is 3.24. The van der Waals surface area contributed by atoms with Crippen molar-refractivity contribution in [3.05, 3.63) is 51.2 Å². The highest BCUT2D eigenvalue weighted by Crippen LogP contribution is 2.29. The van der Waals surface area contributed by atoms with Crippen LogP contribution in [0, 0.1) is 6.92 Å². The van der Waals surface area contributed by atoms with Gasteiger partial charge in [-0.25, -0.2) is 14.3 Å². The van der Waals surface area contributed by atoms with Gasteiger partial charge in [-0.1, -0.05) is 39.7 Å². The third kappa shape index (κ3) is 2.83. The number of nitrogens with zero attached hydrogens (tertiary/aromatic N) is 3. The van der Waals surface area contributed by atoms with Gasteiger partial charge in [0.1, 0.15) is 5.15 Å². The van der Waals surface area contributed by atoms with Gasteiger partial charge in [-0.15, -0.1) is 0 Å². The molecule has 2 aromatic heterocycles. The zero-order valence-electron chi connectivity index (χ0n) is 11.9. The van der Waals surface area contributed by atoms with E-state index in [1.54, 1.807) is 13.0 Å². The summed E-state index contributed by atoms with van der Waals surface area (Å²) < 4.78 is 2.23. The molecule has 0 radical (unpaired) electrons. The Bertz CT molecular complexity index is 926. The summed E-state index contributed by atoms with van der Waals surface area (Å²) in [6.07, 6.45) is -1.75. The number of aliphatic hydroxyl groups excluding tert-OH is 1. The lowest BCUT2D eigenvalue weighted by Crippen LogP contribution is -2.15. The largest absolute Gasteiger partial charge is 0.479 e. The normalized spacial score (nSPS) is 12.5. The van der Waals surface area contributed by atoms with E-state index in [0.29, 0.717) is 17.0 Å². The van der Waals surface area contributed by atoms with Gasteiger partial charge in [-0.3, -0.25) is 0 Å². The molecule has 1 aromatic carbocycles. The Morgan fingerprint density at radius 2 is 2.13 bits per heavy atom. The molecular formula is C15H11BrClN3O3. The number of halogens is 2. The number of aliphatic hydroxyl groups is 1. The molecular weight excluding hydrogens is 386 g/mol. The van der Waals surface area contributed by atoms with Gasteiger partial charge in [0.15, 0.2) is 11.8 Å².